The van der Waals surface area contributed by atoms with E-state index in [1.165, 1.54) is 15.3 Å². The third-order valence-electron chi connectivity index (χ3n) is 5.94. The third kappa shape index (κ3) is 8.33. The van der Waals surface area contributed by atoms with Gasteiger partial charge in [-0.15, -0.1) is 0 Å². The molecule has 0 aliphatic heterocycles. The summed E-state index contributed by atoms with van der Waals surface area (Å²) in [4.78, 5) is 27.4. The highest BCUT2D eigenvalue weighted by atomic mass is 32.2. The summed E-state index contributed by atoms with van der Waals surface area (Å²) in [5, 5.41) is 2.83. The Kier molecular flexibility index (Phi) is 10.5. The summed E-state index contributed by atoms with van der Waals surface area (Å²) in [6.45, 7) is 9.79. The molecule has 0 radical (unpaired) electrons. The van der Waals surface area contributed by atoms with Crippen LogP contribution in [0.3, 0.4) is 0 Å². The van der Waals surface area contributed by atoms with Gasteiger partial charge in [-0.2, -0.15) is 0 Å². The molecule has 9 heteroatoms. The maximum atomic E-state index is 14.4. The third-order valence-corrected chi connectivity index (χ3v) is 7.12. The van der Waals surface area contributed by atoms with Crippen LogP contribution >= 0.6 is 0 Å². The lowest BCUT2D eigenvalue weighted by Gasteiger charge is -2.30. The van der Waals surface area contributed by atoms with Crippen molar-refractivity contribution in [3.63, 3.8) is 0 Å². The van der Waals surface area contributed by atoms with E-state index in [0.717, 1.165) is 17.4 Å². The van der Waals surface area contributed by atoms with Crippen LogP contribution in [0.2, 0.25) is 0 Å². The summed E-state index contributed by atoms with van der Waals surface area (Å²) < 4.78 is 40.8. The smallest absolute Gasteiger partial charge is 0.242 e. The Labute approximate surface area is 214 Å². The molecule has 0 heterocycles. The number of rotatable bonds is 12. The molecule has 2 aromatic rings. The number of nitrogens with one attached hydrogen (secondary N) is 1. The van der Waals surface area contributed by atoms with Gasteiger partial charge in [-0.1, -0.05) is 44.2 Å². The van der Waals surface area contributed by atoms with Crippen LogP contribution in [0, 0.1) is 25.6 Å². The van der Waals surface area contributed by atoms with E-state index in [1.807, 2.05) is 45.9 Å². The van der Waals surface area contributed by atoms with E-state index in [1.54, 1.807) is 25.1 Å². The second kappa shape index (κ2) is 12.9. The van der Waals surface area contributed by atoms with E-state index >= 15 is 0 Å². The van der Waals surface area contributed by atoms with E-state index in [9.17, 15) is 22.4 Å². The van der Waals surface area contributed by atoms with Gasteiger partial charge in [0, 0.05) is 31.6 Å². The van der Waals surface area contributed by atoms with Crippen LogP contribution in [0.5, 0.6) is 0 Å². The van der Waals surface area contributed by atoms with Crippen molar-refractivity contribution in [2.24, 2.45) is 5.92 Å². The molecule has 1 N–H and O–H groups in total. The minimum absolute atomic E-state index is 0.00708. The molecule has 198 valence electrons. The summed E-state index contributed by atoms with van der Waals surface area (Å²) in [5.41, 5.74) is 2.63. The number of hydrogen-bond donors (Lipinski definition) is 1. The molecule has 0 spiro atoms. The number of amides is 2. The number of nitrogens with zero attached hydrogens (tertiary/aromatic N) is 2. The van der Waals surface area contributed by atoms with Crippen molar-refractivity contribution in [1.29, 1.82) is 0 Å². The second-order valence-corrected chi connectivity index (χ2v) is 11.6. The summed E-state index contributed by atoms with van der Waals surface area (Å²) in [6.07, 6.45) is 1.39. The van der Waals surface area contributed by atoms with Crippen molar-refractivity contribution in [3.8, 4) is 0 Å². The number of aryl methyl sites for hydroxylation is 2. The SMILES string of the molecule is Cc1ccc(C)c(N(CCCC(=O)N(Cc2ccccc2F)[C@@H](C)C(=O)NCC(C)C)S(C)(=O)=O)c1. The first-order valence-corrected chi connectivity index (χ1v) is 14.0. The molecule has 2 amide bonds. The van der Waals surface area contributed by atoms with Crippen molar-refractivity contribution in [3.05, 3.63) is 65.0 Å². The van der Waals surface area contributed by atoms with Gasteiger partial charge in [-0.25, -0.2) is 12.8 Å². The Balaban J connectivity index is 2.21. The lowest BCUT2D eigenvalue weighted by molar-refractivity contribution is -0.140. The number of sulfonamides is 1. The first kappa shape index (κ1) is 29.3. The summed E-state index contributed by atoms with van der Waals surface area (Å²) in [6, 6.07) is 10.9. The Hall–Kier alpha value is -2.94. The Bertz CT molecular complexity index is 1170. The average Bonchev–Trinajstić information content (AvgIpc) is 2.80. The highest BCUT2D eigenvalue weighted by Crippen LogP contribution is 2.25. The van der Waals surface area contributed by atoms with Gasteiger partial charge < -0.3 is 10.2 Å². The van der Waals surface area contributed by atoms with Crippen molar-refractivity contribution in [2.75, 3.05) is 23.7 Å². The van der Waals surface area contributed by atoms with Crippen LogP contribution in [-0.4, -0.2) is 50.5 Å². The Morgan fingerprint density at radius 2 is 1.72 bits per heavy atom. The number of anilines is 1. The number of carbonyl (C=O) groups is 2. The molecular weight excluding hydrogens is 481 g/mol. The lowest BCUT2D eigenvalue weighted by atomic mass is 10.1. The molecule has 1 atom stereocenters. The molecule has 7 nitrogen and oxygen atoms in total. The maximum Gasteiger partial charge on any atom is 0.242 e. The zero-order valence-corrected chi connectivity index (χ0v) is 22.9. The van der Waals surface area contributed by atoms with Gasteiger partial charge in [0.05, 0.1) is 11.9 Å². The first-order valence-electron chi connectivity index (χ1n) is 12.2. The molecular formula is C27H38FN3O4S. The Morgan fingerprint density at radius 3 is 2.33 bits per heavy atom. The molecule has 0 saturated heterocycles. The van der Waals surface area contributed by atoms with E-state index < -0.39 is 21.9 Å². The molecule has 2 rings (SSSR count). The van der Waals surface area contributed by atoms with Gasteiger partial charge in [-0.05, 0) is 56.4 Å². The molecule has 0 aromatic heterocycles. The van der Waals surface area contributed by atoms with Gasteiger partial charge in [0.25, 0.3) is 0 Å². The van der Waals surface area contributed by atoms with Crippen LogP contribution < -0.4 is 9.62 Å². The minimum atomic E-state index is -3.58. The zero-order valence-electron chi connectivity index (χ0n) is 22.0. The molecule has 36 heavy (non-hydrogen) atoms. The molecule has 0 saturated carbocycles. The number of halogens is 1. The van der Waals surface area contributed by atoms with Crippen molar-refractivity contribution < 1.29 is 22.4 Å². The number of hydrogen-bond acceptors (Lipinski definition) is 4. The fourth-order valence-corrected chi connectivity index (χ4v) is 4.83. The molecule has 0 fully saturated rings. The van der Waals surface area contributed by atoms with Crippen LogP contribution in [0.25, 0.3) is 0 Å². The van der Waals surface area contributed by atoms with E-state index in [4.69, 9.17) is 0 Å². The largest absolute Gasteiger partial charge is 0.354 e. The fraction of sp³-hybridized carbons (Fsp3) is 0.481. The average molecular weight is 520 g/mol. The van der Waals surface area contributed by atoms with Crippen LogP contribution in [0.4, 0.5) is 10.1 Å². The van der Waals surface area contributed by atoms with Gasteiger partial charge in [0.2, 0.25) is 21.8 Å². The second-order valence-electron chi connectivity index (χ2n) is 9.66. The van der Waals surface area contributed by atoms with Crippen LogP contribution in [0.1, 0.15) is 50.3 Å². The van der Waals surface area contributed by atoms with Crippen molar-refractivity contribution in [1.82, 2.24) is 10.2 Å². The monoisotopic (exact) mass is 519 g/mol. The quantitative estimate of drug-likeness (QED) is 0.456. The molecule has 0 aliphatic carbocycles. The summed E-state index contributed by atoms with van der Waals surface area (Å²) in [7, 11) is -3.58. The maximum absolute atomic E-state index is 14.4. The Morgan fingerprint density at radius 1 is 1.06 bits per heavy atom. The molecule has 0 aliphatic rings. The van der Waals surface area contributed by atoms with Crippen molar-refractivity contribution >= 4 is 27.5 Å². The van der Waals surface area contributed by atoms with Crippen molar-refractivity contribution in [2.45, 2.75) is 60.0 Å². The van der Waals surface area contributed by atoms with Crippen LogP contribution in [-0.2, 0) is 26.2 Å². The predicted molar refractivity (Wildman–Crippen MR) is 142 cm³/mol. The molecule has 0 unspecified atom stereocenters. The van der Waals surface area contributed by atoms with Gasteiger partial charge in [0.1, 0.15) is 11.9 Å². The van der Waals surface area contributed by atoms with E-state index in [0.29, 0.717) is 17.8 Å². The molecule has 2 aromatic carbocycles. The standard InChI is InChI=1S/C27H38FN3O4S/c1-19(2)17-29-27(33)22(5)30(18-23-10-7-8-11-24(23)28)26(32)12-9-15-31(36(6,34)35)25-16-20(3)13-14-21(25)4/h7-8,10-11,13-14,16,19,22H,9,12,15,17-18H2,1-6H3,(H,29,33)/t22-/m0/s1. The minimum Gasteiger partial charge on any atom is -0.354 e. The number of benzene rings is 2. The summed E-state index contributed by atoms with van der Waals surface area (Å²) in [5.74, 6) is -0.881. The summed E-state index contributed by atoms with van der Waals surface area (Å²) >= 11 is 0. The van der Waals surface area contributed by atoms with Gasteiger partial charge >= 0.3 is 0 Å². The van der Waals surface area contributed by atoms with Gasteiger partial charge in [0.15, 0.2) is 0 Å². The normalized spacial score (nSPS) is 12.3. The lowest BCUT2D eigenvalue weighted by Crippen LogP contribution is -2.48. The van der Waals surface area contributed by atoms with Crippen LogP contribution in [0.15, 0.2) is 42.5 Å². The van der Waals surface area contributed by atoms with E-state index in [-0.39, 0.29) is 43.7 Å². The predicted octanol–water partition coefficient (Wildman–Crippen LogP) is 4.18. The highest BCUT2D eigenvalue weighted by molar-refractivity contribution is 7.92. The zero-order chi connectivity index (χ0) is 27.0. The number of carbonyl (C=O) groups excluding carboxylic acids is 2. The van der Waals surface area contributed by atoms with E-state index in [2.05, 4.69) is 5.32 Å². The fourth-order valence-electron chi connectivity index (χ4n) is 3.82. The molecule has 0 bridgehead atoms. The topological polar surface area (TPSA) is 86.8 Å². The highest BCUT2D eigenvalue weighted by Gasteiger charge is 2.27. The van der Waals surface area contributed by atoms with Gasteiger partial charge in [-0.3, -0.25) is 13.9 Å². The first-order chi connectivity index (χ1) is 16.8.